The fourth-order valence-electron chi connectivity index (χ4n) is 13.9. The van der Waals surface area contributed by atoms with E-state index in [1.807, 2.05) is 98.8 Å². The molecule has 8 rings (SSSR count). The van der Waals surface area contributed by atoms with Crippen molar-refractivity contribution in [2.45, 2.75) is 209 Å². The summed E-state index contributed by atoms with van der Waals surface area (Å²) in [5, 5.41) is 42.1. The van der Waals surface area contributed by atoms with E-state index in [0.29, 0.717) is 57.2 Å². The van der Waals surface area contributed by atoms with Gasteiger partial charge in [0.1, 0.15) is 29.6 Å². The van der Waals surface area contributed by atoms with Gasteiger partial charge in [0.25, 0.3) is 0 Å². The van der Waals surface area contributed by atoms with Gasteiger partial charge in [-0.1, -0.05) is 142 Å². The van der Waals surface area contributed by atoms with Gasteiger partial charge in [0, 0.05) is 38.1 Å². The number of guanidine groups is 1. The molecule has 2 aliphatic carbocycles. The summed E-state index contributed by atoms with van der Waals surface area (Å²) in [6.45, 7) is 4.58. The Kier molecular flexibility index (Phi) is 28.8. The highest BCUT2D eigenvalue weighted by Gasteiger charge is 2.38. The summed E-state index contributed by atoms with van der Waals surface area (Å²) >= 11 is 0. The minimum absolute atomic E-state index is 0.0232. The van der Waals surface area contributed by atoms with Gasteiger partial charge >= 0.3 is 0 Å². The van der Waals surface area contributed by atoms with E-state index in [1.165, 1.54) is 0 Å². The van der Waals surface area contributed by atoms with Crippen molar-refractivity contribution in [1.82, 2.24) is 42.1 Å². The quantitative estimate of drug-likeness (QED) is 0.0156. The van der Waals surface area contributed by atoms with Crippen molar-refractivity contribution in [1.29, 1.82) is 0 Å². The summed E-state index contributed by atoms with van der Waals surface area (Å²) in [7, 11) is 0. The summed E-state index contributed by atoms with van der Waals surface area (Å²) in [5.74, 6) is -3.00. The van der Waals surface area contributed by atoms with Gasteiger partial charge in [-0.25, -0.2) is 0 Å². The van der Waals surface area contributed by atoms with Crippen molar-refractivity contribution in [2.75, 3.05) is 19.6 Å². The number of rotatable bonds is 34. The molecular formula is C75H104N14O9. The largest absolute Gasteiger partial charge is 0.508 e. The van der Waals surface area contributed by atoms with Crippen LogP contribution in [0.4, 0.5) is 0 Å². The van der Waals surface area contributed by atoms with Gasteiger partial charge < -0.3 is 75.7 Å². The lowest BCUT2D eigenvalue weighted by molar-refractivity contribution is -0.137. The van der Waals surface area contributed by atoms with Gasteiger partial charge in [-0.3, -0.25) is 43.9 Å². The van der Waals surface area contributed by atoms with Crippen molar-refractivity contribution in [3.8, 4) is 11.5 Å². The molecule has 0 spiro atoms. The maximum Gasteiger partial charge on any atom is 0.243 e. The molecule has 0 saturated heterocycles. The van der Waals surface area contributed by atoms with E-state index >= 15 is 9.59 Å². The van der Waals surface area contributed by atoms with Crippen LogP contribution >= 0.6 is 0 Å². The Morgan fingerprint density at radius 1 is 0.541 bits per heavy atom. The maximum atomic E-state index is 15.2. The Hall–Kier alpha value is -8.90. The number of carbonyl (C=O) groups excluding carboxylic acids is 7. The molecule has 7 amide bonds. The third-order valence-corrected chi connectivity index (χ3v) is 19.4. The van der Waals surface area contributed by atoms with Crippen molar-refractivity contribution in [2.24, 2.45) is 39.6 Å². The molecule has 528 valence electrons. The lowest BCUT2D eigenvalue weighted by Crippen LogP contribution is -2.62. The number of hydrogen-bond acceptors (Lipinski definition) is 14. The lowest BCUT2D eigenvalue weighted by Gasteiger charge is -2.39. The summed E-state index contributed by atoms with van der Waals surface area (Å²) in [5.41, 5.74) is 37.1. The fourth-order valence-corrected chi connectivity index (χ4v) is 13.9. The number of benzene rings is 5. The van der Waals surface area contributed by atoms with Gasteiger partial charge in [0.2, 0.25) is 41.4 Å². The first kappa shape index (κ1) is 74.9. The number of phenolic OH excluding ortho intramolecular Hbond substituents is 2. The molecule has 10 atom stereocenters. The average molecular weight is 1350 g/mol. The smallest absolute Gasteiger partial charge is 0.243 e. The number of amides is 7. The number of unbranched alkanes of at least 4 members (excludes halogenated alkanes) is 1. The zero-order valence-electron chi connectivity index (χ0n) is 56.9. The van der Waals surface area contributed by atoms with Crippen LogP contribution in [0.1, 0.15) is 141 Å². The van der Waals surface area contributed by atoms with Gasteiger partial charge in [-0.05, 0) is 172 Å². The molecule has 2 saturated carbocycles. The number of aryl methyl sites for hydroxylation is 2. The van der Waals surface area contributed by atoms with Crippen LogP contribution in [0.2, 0.25) is 0 Å². The van der Waals surface area contributed by atoms with E-state index in [2.05, 4.69) is 42.2 Å². The molecular weight excluding hydrogens is 1240 g/mol. The topological polar surface area (TPSA) is 390 Å². The Labute approximate surface area is 576 Å². The number of aliphatic imine (C=N–C) groups is 1. The standard InChI is InChI=1S/C75H104N14O9/c1-47-37-57(91)38-48(2)58(47)44-59(77)68(92)86-64(30-18-36-81-75(79)80)71(95)88-67(42-51-23-10-5-11-24-51)73(97)87-63(29-16-17-35-76)70(94)84-61-27-14-15-28-62(61)85-72(96)66(41-50-21-8-4-9-22-50)83-65(40-49-19-6-3-7-20-49)69(93)82-45-55-43-53-25-12-13-26-54(53)46-89(55)74(98)60(78)39-52-31-33-56(90)34-32-52/h4-5,8-13,21-26,31-34,37-38,49,55,59-67,83,90-91H,3,6-7,14-20,27-30,35-36,39-46,76-78H2,1-2H3,(H,82,93)(H,84,94)(H,85,96)(H,86,92)(H,87,97)(H,88,95)(H4,79,80,81)/t55?,59-,60-,61-,62-,63-,64+,65+,66-,67-/m0/s1. The second-order valence-corrected chi connectivity index (χ2v) is 27.0. The molecule has 3 aliphatic rings. The van der Waals surface area contributed by atoms with Gasteiger partial charge in [0.05, 0.1) is 30.2 Å². The average Bonchev–Trinajstić information content (AvgIpc) is 0.810. The zero-order chi connectivity index (χ0) is 70.1. The number of aromatic hydroxyl groups is 2. The van der Waals surface area contributed by atoms with Crippen molar-refractivity contribution < 1.29 is 43.8 Å². The minimum atomic E-state index is -1.24. The number of fused-ring (bicyclic) bond motifs is 1. The first-order valence-corrected chi connectivity index (χ1v) is 35.1. The summed E-state index contributed by atoms with van der Waals surface area (Å²) < 4.78 is 0. The van der Waals surface area contributed by atoms with E-state index in [9.17, 15) is 34.2 Å². The molecule has 23 nitrogen and oxygen atoms in total. The van der Waals surface area contributed by atoms with Crippen LogP contribution in [0.15, 0.2) is 126 Å². The zero-order valence-corrected chi connectivity index (χ0v) is 56.9. The van der Waals surface area contributed by atoms with E-state index in [1.54, 1.807) is 41.3 Å². The SMILES string of the molecule is Cc1cc(O)cc(C)c1C[C@H](N)C(=O)N[C@H](CCCN=C(N)N)C(=O)N[C@@H](Cc1ccccc1)C(=O)N[C@@H](CCCCN)C(=O)N[C@H]1CCCC[C@@H]1NC(=O)[C@H](Cc1ccccc1)N[C@H](CC1CCCCC1)C(=O)NCC1Cc2ccccc2CN1C(=O)[C@@H](N)Cc1ccc(O)cc1. The van der Waals surface area contributed by atoms with Gasteiger partial charge in [-0.15, -0.1) is 0 Å². The molecule has 1 aliphatic heterocycles. The van der Waals surface area contributed by atoms with Crippen LogP contribution in [-0.4, -0.2) is 142 Å². The predicted octanol–water partition coefficient (Wildman–Crippen LogP) is 4.19. The molecule has 0 radical (unpaired) electrons. The Morgan fingerprint density at radius 3 is 1.69 bits per heavy atom. The number of carbonyl (C=O) groups is 7. The molecule has 98 heavy (non-hydrogen) atoms. The summed E-state index contributed by atoms with van der Waals surface area (Å²) in [6, 6.07) is 27.8. The fraction of sp³-hybridized carbons (Fsp3) is 0.493. The second kappa shape index (κ2) is 37.7. The van der Waals surface area contributed by atoms with Crippen LogP contribution in [0.3, 0.4) is 0 Å². The minimum Gasteiger partial charge on any atom is -0.508 e. The van der Waals surface area contributed by atoms with E-state index in [4.69, 9.17) is 28.7 Å². The summed E-state index contributed by atoms with van der Waals surface area (Å²) in [6.07, 6.45) is 10.9. The number of nitrogens with zero attached hydrogens (tertiary/aromatic N) is 2. The number of nitrogens with two attached hydrogens (primary N) is 5. The molecule has 5 aromatic carbocycles. The second-order valence-electron chi connectivity index (χ2n) is 27.0. The first-order chi connectivity index (χ1) is 47.2. The number of nitrogens with one attached hydrogen (secondary N) is 7. The Bertz CT molecular complexity index is 3440. The molecule has 2 fully saturated rings. The van der Waals surface area contributed by atoms with Crippen LogP contribution in [0, 0.1) is 19.8 Å². The Morgan fingerprint density at radius 2 is 1.07 bits per heavy atom. The van der Waals surface area contributed by atoms with E-state index in [0.717, 1.165) is 83.9 Å². The highest BCUT2D eigenvalue weighted by atomic mass is 16.3. The Balaban J connectivity index is 0.984. The third kappa shape index (κ3) is 22.9. The monoisotopic (exact) mass is 1340 g/mol. The van der Waals surface area contributed by atoms with Gasteiger partial charge in [-0.2, -0.15) is 0 Å². The van der Waals surface area contributed by atoms with Crippen LogP contribution in [0.25, 0.3) is 0 Å². The van der Waals surface area contributed by atoms with Crippen molar-refractivity contribution in [3.05, 3.63) is 166 Å². The molecule has 1 unspecified atom stereocenters. The van der Waals surface area contributed by atoms with E-state index in [-0.39, 0.29) is 99.1 Å². The number of phenols is 2. The number of hydrogen-bond donors (Lipinski definition) is 14. The highest BCUT2D eigenvalue weighted by molar-refractivity contribution is 5.95. The summed E-state index contributed by atoms with van der Waals surface area (Å²) in [4.78, 5) is 109. The molecule has 23 heteroatoms. The normalized spacial score (nSPS) is 18.4. The van der Waals surface area contributed by atoms with Crippen molar-refractivity contribution >= 4 is 47.3 Å². The maximum absolute atomic E-state index is 15.2. The van der Waals surface area contributed by atoms with Crippen LogP contribution in [0.5, 0.6) is 11.5 Å². The molecule has 0 bridgehead atoms. The van der Waals surface area contributed by atoms with Crippen LogP contribution in [-0.2, 0) is 72.2 Å². The van der Waals surface area contributed by atoms with Crippen LogP contribution < -0.4 is 65.9 Å². The molecule has 0 aromatic heterocycles. The molecule has 1 heterocycles. The van der Waals surface area contributed by atoms with Gasteiger partial charge in [0.15, 0.2) is 5.96 Å². The van der Waals surface area contributed by atoms with E-state index < -0.39 is 84.0 Å². The first-order valence-electron chi connectivity index (χ1n) is 35.1. The molecule has 19 N–H and O–H groups in total. The molecule has 5 aromatic rings. The highest BCUT2D eigenvalue weighted by Crippen LogP contribution is 2.30. The lowest BCUT2D eigenvalue weighted by atomic mass is 9.84. The predicted molar refractivity (Wildman–Crippen MR) is 380 cm³/mol. The van der Waals surface area contributed by atoms with Crippen molar-refractivity contribution in [3.63, 3.8) is 0 Å². The third-order valence-electron chi connectivity index (χ3n) is 19.4.